The average molecular weight is 422 g/mol. The highest BCUT2D eigenvalue weighted by Gasteiger charge is 2.25. The van der Waals surface area contributed by atoms with Gasteiger partial charge in [-0.3, -0.25) is 9.88 Å². The van der Waals surface area contributed by atoms with Crippen LogP contribution in [-0.4, -0.2) is 23.0 Å². The summed E-state index contributed by atoms with van der Waals surface area (Å²) in [5.74, 6) is 0. The number of nitriles is 1. The number of rotatable bonds is 5. The topological polar surface area (TPSA) is 39.9 Å². The first kappa shape index (κ1) is 19.9. The maximum Gasteiger partial charge on any atom is 0.0991 e. The lowest BCUT2D eigenvalue weighted by Crippen LogP contribution is -2.27. The number of benzene rings is 2. The molecule has 3 aromatic rings. The Morgan fingerprint density at radius 3 is 2.34 bits per heavy atom. The average Bonchev–Trinajstić information content (AvgIpc) is 3.26. The van der Waals surface area contributed by atoms with E-state index < -0.39 is 0 Å². The Morgan fingerprint density at radius 1 is 1.00 bits per heavy atom. The number of hydrogen-bond donors (Lipinski definition) is 0. The summed E-state index contributed by atoms with van der Waals surface area (Å²) in [4.78, 5) is 7.18. The predicted molar refractivity (Wildman–Crippen MR) is 118 cm³/mol. The monoisotopic (exact) mass is 421 g/mol. The molecule has 1 aliphatic rings. The fourth-order valence-corrected chi connectivity index (χ4v) is 4.58. The molecule has 1 aliphatic heterocycles. The molecule has 0 saturated carbocycles. The van der Waals surface area contributed by atoms with Crippen molar-refractivity contribution in [3.05, 3.63) is 87.5 Å². The minimum Gasteiger partial charge on any atom is -0.296 e. The quantitative estimate of drug-likeness (QED) is 0.484. The van der Waals surface area contributed by atoms with E-state index >= 15 is 0 Å². The molecule has 1 atom stereocenters. The summed E-state index contributed by atoms with van der Waals surface area (Å²) in [6.45, 7) is 2.17. The molecule has 0 radical (unpaired) electrons. The van der Waals surface area contributed by atoms with Crippen LogP contribution in [-0.2, 0) is 6.42 Å². The zero-order chi connectivity index (χ0) is 20.2. The number of likely N-dealkylation sites (tertiary alicyclic amines) is 1. The highest BCUT2D eigenvalue weighted by Crippen LogP contribution is 2.33. The van der Waals surface area contributed by atoms with E-state index in [0.29, 0.717) is 15.6 Å². The van der Waals surface area contributed by atoms with Crippen molar-refractivity contribution in [2.24, 2.45) is 0 Å². The van der Waals surface area contributed by atoms with Crippen LogP contribution in [0.25, 0.3) is 11.3 Å². The van der Waals surface area contributed by atoms with E-state index in [1.807, 2.05) is 30.3 Å². The molecular weight excluding hydrogens is 401 g/mol. The van der Waals surface area contributed by atoms with Crippen molar-refractivity contribution in [1.82, 2.24) is 9.88 Å². The summed E-state index contributed by atoms with van der Waals surface area (Å²) in [5.41, 5.74) is 4.91. The summed E-state index contributed by atoms with van der Waals surface area (Å²) < 4.78 is 0. The molecule has 0 amide bonds. The van der Waals surface area contributed by atoms with Crippen LogP contribution in [0.15, 0.2) is 60.8 Å². The molecule has 1 unspecified atom stereocenters. The third-order valence-electron chi connectivity index (χ3n) is 5.45. The first-order chi connectivity index (χ1) is 14.1. The maximum atomic E-state index is 9.13. The molecule has 5 heteroatoms. The van der Waals surface area contributed by atoms with E-state index in [2.05, 4.69) is 34.2 Å². The molecule has 3 nitrogen and oxygen atoms in total. The summed E-state index contributed by atoms with van der Waals surface area (Å²) in [6, 6.07) is 20.1. The molecule has 2 heterocycles. The Hall–Kier alpha value is -2.38. The van der Waals surface area contributed by atoms with Gasteiger partial charge in [-0.2, -0.15) is 5.26 Å². The minimum absolute atomic E-state index is 0.239. The second kappa shape index (κ2) is 8.97. The van der Waals surface area contributed by atoms with Gasteiger partial charge < -0.3 is 0 Å². The lowest BCUT2D eigenvalue weighted by Gasteiger charge is -2.29. The van der Waals surface area contributed by atoms with E-state index in [1.54, 1.807) is 12.3 Å². The van der Waals surface area contributed by atoms with Gasteiger partial charge in [-0.25, -0.2) is 0 Å². The Balaban J connectivity index is 1.72. The molecule has 1 aromatic heterocycles. The van der Waals surface area contributed by atoms with Gasteiger partial charge in [-0.15, -0.1) is 0 Å². The summed E-state index contributed by atoms with van der Waals surface area (Å²) >= 11 is 12.5. The Labute approximate surface area is 181 Å². The van der Waals surface area contributed by atoms with Crippen molar-refractivity contribution < 1.29 is 0 Å². The van der Waals surface area contributed by atoms with Crippen molar-refractivity contribution in [2.75, 3.05) is 13.1 Å². The van der Waals surface area contributed by atoms with Crippen LogP contribution in [0.3, 0.4) is 0 Å². The summed E-state index contributed by atoms with van der Waals surface area (Å²) in [5, 5.41) is 10.3. The molecule has 29 heavy (non-hydrogen) atoms. The van der Waals surface area contributed by atoms with Gasteiger partial charge in [-0.1, -0.05) is 41.4 Å². The molecule has 0 bridgehead atoms. The van der Waals surface area contributed by atoms with E-state index in [4.69, 9.17) is 28.5 Å². The number of hydrogen-bond acceptors (Lipinski definition) is 3. The summed E-state index contributed by atoms with van der Waals surface area (Å²) in [7, 11) is 0. The van der Waals surface area contributed by atoms with Gasteiger partial charge in [0, 0.05) is 27.8 Å². The van der Waals surface area contributed by atoms with Gasteiger partial charge in [0.05, 0.1) is 17.3 Å². The van der Waals surface area contributed by atoms with Gasteiger partial charge in [0.1, 0.15) is 0 Å². The standard InChI is InChI=1S/C24H21Cl2N3/c25-21-12-20(13-22(26)15-21)24-19(4-3-9-28-24)14-23(29-10-1-2-11-29)18-7-5-17(16-27)6-8-18/h3-9,12-13,15,23H,1-2,10-11,14H2. The predicted octanol–water partition coefficient (Wildman–Crippen LogP) is 6.31. The highest BCUT2D eigenvalue weighted by molar-refractivity contribution is 6.35. The maximum absolute atomic E-state index is 9.13. The fourth-order valence-electron chi connectivity index (χ4n) is 4.05. The normalized spacial score (nSPS) is 15.2. The third kappa shape index (κ3) is 4.62. The second-order valence-electron chi connectivity index (χ2n) is 7.37. The third-order valence-corrected chi connectivity index (χ3v) is 5.88. The lowest BCUT2D eigenvalue weighted by molar-refractivity contribution is 0.244. The van der Waals surface area contributed by atoms with Crippen LogP contribution < -0.4 is 0 Å². The van der Waals surface area contributed by atoms with E-state index in [0.717, 1.165) is 36.3 Å². The van der Waals surface area contributed by atoms with E-state index in [9.17, 15) is 0 Å². The number of aromatic nitrogens is 1. The Kier molecular flexibility index (Phi) is 6.16. The molecule has 1 fully saturated rings. The molecule has 0 aliphatic carbocycles. The van der Waals surface area contributed by atoms with Crippen LogP contribution in [0.2, 0.25) is 10.0 Å². The van der Waals surface area contributed by atoms with E-state index in [-0.39, 0.29) is 6.04 Å². The summed E-state index contributed by atoms with van der Waals surface area (Å²) in [6.07, 6.45) is 5.08. The lowest BCUT2D eigenvalue weighted by atomic mass is 9.94. The van der Waals surface area contributed by atoms with Crippen molar-refractivity contribution in [1.29, 1.82) is 5.26 Å². The van der Waals surface area contributed by atoms with Crippen LogP contribution in [0.1, 0.15) is 35.6 Å². The van der Waals surface area contributed by atoms with Crippen LogP contribution in [0.5, 0.6) is 0 Å². The molecular formula is C24H21Cl2N3. The SMILES string of the molecule is N#Cc1ccc(C(Cc2cccnc2-c2cc(Cl)cc(Cl)c2)N2CCCC2)cc1. The fraction of sp³-hybridized carbons (Fsp3) is 0.250. The first-order valence-electron chi connectivity index (χ1n) is 9.78. The zero-order valence-corrected chi connectivity index (χ0v) is 17.5. The number of halogens is 2. The van der Waals surface area contributed by atoms with E-state index in [1.165, 1.54) is 18.4 Å². The van der Waals surface area contributed by atoms with Crippen molar-refractivity contribution in [3.8, 4) is 17.3 Å². The van der Waals surface area contributed by atoms with Gasteiger partial charge in [-0.05, 0) is 79.9 Å². The molecule has 1 saturated heterocycles. The van der Waals surface area contributed by atoms with Crippen LogP contribution >= 0.6 is 23.2 Å². The minimum atomic E-state index is 0.239. The van der Waals surface area contributed by atoms with Crippen molar-refractivity contribution in [3.63, 3.8) is 0 Å². The largest absolute Gasteiger partial charge is 0.296 e. The molecule has 146 valence electrons. The smallest absolute Gasteiger partial charge is 0.0991 e. The first-order valence-corrected chi connectivity index (χ1v) is 10.5. The molecule has 0 N–H and O–H groups in total. The van der Waals surface area contributed by atoms with Gasteiger partial charge >= 0.3 is 0 Å². The van der Waals surface area contributed by atoms with Crippen molar-refractivity contribution >= 4 is 23.2 Å². The zero-order valence-electron chi connectivity index (χ0n) is 16.0. The Morgan fingerprint density at radius 2 is 1.69 bits per heavy atom. The second-order valence-corrected chi connectivity index (χ2v) is 8.24. The number of pyridine rings is 1. The molecule has 2 aromatic carbocycles. The van der Waals surface area contributed by atoms with Crippen molar-refractivity contribution in [2.45, 2.75) is 25.3 Å². The van der Waals surface area contributed by atoms with Gasteiger partial charge in [0.25, 0.3) is 0 Å². The van der Waals surface area contributed by atoms with Gasteiger partial charge in [0.2, 0.25) is 0 Å². The van der Waals surface area contributed by atoms with Gasteiger partial charge in [0.15, 0.2) is 0 Å². The molecule has 0 spiro atoms. The molecule has 4 rings (SSSR count). The highest BCUT2D eigenvalue weighted by atomic mass is 35.5. The van der Waals surface area contributed by atoms with Crippen LogP contribution in [0.4, 0.5) is 0 Å². The Bertz CT molecular complexity index is 1010. The number of nitrogens with zero attached hydrogens (tertiary/aromatic N) is 3. The van der Waals surface area contributed by atoms with Crippen LogP contribution in [0, 0.1) is 11.3 Å².